The van der Waals surface area contributed by atoms with Gasteiger partial charge < -0.3 is 14.4 Å². The second-order valence-electron chi connectivity index (χ2n) is 7.52. The van der Waals surface area contributed by atoms with Crippen LogP contribution in [0.5, 0.6) is 0 Å². The lowest BCUT2D eigenvalue weighted by Gasteiger charge is -2.42. The molecule has 0 N–H and O–H groups in total. The van der Waals surface area contributed by atoms with E-state index in [9.17, 15) is 4.79 Å². The molecule has 1 saturated heterocycles. The summed E-state index contributed by atoms with van der Waals surface area (Å²) in [7, 11) is 2.05. The monoisotopic (exact) mass is 398 g/mol. The lowest BCUT2D eigenvalue weighted by molar-refractivity contribution is -0.147. The van der Waals surface area contributed by atoms with Crippen LogP contribution in [0.3, 0.4) is 0 Å². The predicted octanol–water partition coefficient (Wildman–Crippen LogP) is 4.18. The number of ether oxygens (including phenoxy) is 2. The first-order chi connectivity index (χ1) is 14.0. The number of likely N-dealkylation sites (N-methyl/N-ethyl adjacent to an activating group) is 1. The van der Waals surface area contributed by atoms with Crippen molar-refractivity contribution in [2.75, 3.05) is 44.7 Å². The van der Waals surface area contributed by atoms with Crippen molar-refractivity contribution in [3.63, 3.8) is 0 Å². The molecule has 2 rings (SSSR count). The summed E-state index contributed by atoms with van der Waals surface area (Å²) >= 11 is 0. The fraction of sp³-hybridized carbons (Fsp3) is 0.458. The van der Waals surface area contributed by atoms with Gasteiger partial charge in [-0.3, -0.25) is 9.69 Å². The highest BCUT2D eigenvalue weighted by molar-refractivity contribution is 5.46. The standard InChI is InChI=1S/C24H34N2O3/c1-5-28-22(3)21(2)11-9-10-16-26-17-14-24(15-18-26,29-20-27)19-25(4)23-12-7-6-8-13-23/h6-13,20H,3,5,14-19H2,1-2,4H3/b10-9+,21-11-. The summed E-state index contributed by atoms with van der Waals surface area (Å²) in [5, 5.41) is 0. The largest absolute Gasteiger partial charge is 0.494 e. The number of carbonyl (C=O) groups excluding carboxylic acids is 1. The normalized spacial score (nSPS) is 17.1. The molecule has 0 unspecified atom stereocenters. The van der Waals surface area contributed by atoms with Crippen molar-refractivity contribution in [1.82, 2.24) is 4.90 Å². The molecular formula is C24H34N2O3. The molecule has 0 radical (unpaired) electrons. The van der Waals surface area contributed by atoms with E-state index in [-0.39, 0.29) is 0 Å². The van der Waals surface area contributed by atoms with Gasteiger partial charge in [0.15, 0.2) is 0 Å². The number of nitrogens with zero attached hydrogens (tertiary/aromatic N) is 2. The van der Waals surface area contributed by atoms with E-state index in [0.717, 1.165) is 43.7 Å². The summed E-state index contributed by atoms with van der Waals surface area (Å²) in [4.78, 5) is 15.7. The number of benzene rings is 1. The Kier molecular flexibility index (Phi) is 9.00. The molecule has 1 aromatic carbocycles. The van der Waals surface area contributed by atoms with Crippen LogP contribution in [0.25, 0.3) is 0 Å². The Labute approximate surface area is 175 Å². The van der Waals surface area contributed by atoms with Crippen molar-refractivity contribution >= 4 is 12.2 Å². The maximum absolute atomic E-state index is 11.2. The Morgan fingerprint density at radius 2 is 1.97 bits per heavy atom. The van der Waals surface area contributed by atoms with Crippen LogP contribution in [-0.4, -0.2) is 56.8 Å². The van der Waals surface area contributed by atoms with E-state index in [2.05, 4.69) is 34.6 Å². The van der Waals surface area contributed by atoms with E-state index in [1.54, 1.807) is 0 Å². The summed E-state index contributed by atoms with van der Waals surface area (Å²) in [6.07, 6.45) is 7.87. The highest BCUT2D eigenvalue weighted by Gasteiger charge is 2.37. The summed E-state index contributed by atoms with van der Waals surface area (Å²) < 4.78 is 11.0. The molecular weight excluding hydrogens is 364 g/mol. The van der Waals surface area contributed by atoms with E-state index in [1.165, 1.54) is 0 Å². The molecule has 5 heteroatoms. The number of para-hydroxylation sites is 1. The first-order valence-corrected chi connectivity index (χ1v) is 10.2. The van der Waals surface area contributed by atoms with E-state index < -0.39 is 5.60 Å². The molecule has 1 aliphatic rings. The van der Waals surface area contributed by atoms with Gasteiger partial charge in [0.2, 0.25) is 0 Å². The summed E-state index contributed by atoms with van der Waals surface area (Å²) in [6.45, 7) is 12.5. The van der Waals surface area contributed by atoms with Gasteiger partial charge in [0, 0.05) is 45.2 Å². The van der Waals surface area contributed by atoms with Crippen molar-refractivity contribution in [2.45, 2.75) is 32.3 Å². The molecule has 158 valence electrons. The van der Waals surface area contributed by atoms with Gasteiger partial charge in [-0.25, -0.2) is 0 Å². The van der Waals surface area contributed by atoms with Crippen LogP contribution in [-0.2, 0) is 14.3 Å². The zero-order valence-corrected chi connectivity index (χ0v) is 18.0. The summed E-state index contributed by atoms with van der Waals surface area (Å²) in [5.74, 6) is 0.716. The minimum atomic E-state index is -0.432. The first-order valence-electron chi connectivity index (χ1n) is 10.2. The van der Waals surface area contributed by atoms with Gasteiger partial charge in [0.05, 0.1) is 13.2 Å². The van der Waals surface area contributed by atoms with Crippen molar-refractivity contribution in [1.29, 1.82) is 0 Å². The van der Waals surface area contributed by atoms with Crippen LogP contribution in [0.4, 0.5) is 5.69 Å². The molecule has 1 aliphatic heterocycles. The van der Waals surface area contributed by atoms with Crippen LogP contribution >= 0.6 is 0 Å². The van der Waals surface area contributed by atoms with E-state index in [0.29, 0.717) is 25.4 Å². The average molecular weight is 399 g/mol. The Morgan fingerprint density at radius 3 is 2.59 bits per heavy atom. The quantitative estimate of drug-likeness (QED) is 0.318. The van der Waals surface area contributed by atoms with Gasteiger partial charge in [0.1, 0.15) is 11.4 Å². The third kappa shape index (κ3) is 7.09. The Bertz CT molecular complexity index is 704. The van der Waals surface area contributed by atoms with Gasteiger partial charge in [-0.15, -0.1) is 0 Å². The van der Waals surface area contributed by atoms with Crippen LogP contribution in [0, 0.1) is 0 Å². The van der Waals surface area contributed by atoms with Gasteiger partial charge in [-0.2, -0.15) is 0 Å². The lowest BCUT2D eigenvalue weighted by Crippen LogP contribution is -2.52. The molecule has 1 heterocycles. The topological polar surface area (TPSA) is 42.0 Å². The van der Waals surface area contributed by atoms with Crippen molar-refractivity contribution in [2.24, 2.45) is 0 Å². The molecule has 5 nitrogen and oxygen atoms in total. The van der Waals surface area contributed by atoms with E-state index >= 15 is 0 Å². The molecule has 0 aromatic heterocycles. The fourth-order valence-corrected chi connectivity index (χ4v) is 3.57. The molecule has 0 amide bonds. The molecule has 0 bridgehead atoms. The number of rotatable bonds is 11. The highest BCUT2D eigenvalue weighted by Crippen LogP contribution is 2.28. The Morgan fingerprint density at radius 1 is 1.28 bits per heavy atom. The maximum atomic E-state index is 11.2. The molecule has 0 spiro atoms. The molecule has 0 aliphatic carbocycles. The van der Waals surface area contributed by atoms with E-state index in [1.807, 2.05) is 51.2 Å². The third-order valence-electron chi connectivity index (χ3n) is 5.39. The van der Waals surface area contributed by atoms with Crippen LogP contribution in [0.2, 0.25) is 0 Å². The first kappa shape index (κ1) is 22.8. The smallest absolute Gasteiger partial charge is 0.293 e. The second-order valence-corrected chi connectivity index (χ2v) is 7.52. The van der Waals surface area contributed by atoms with Gasteiger partial charge >= 0.3 is 0 Å². The minimum absolute atomic E-state index is 0.432. The van der Waals surface area contributed by atoms with Crippen molar-refractivity contribution in [3.05, 3.63) is 66.5 Å². The number of allylic oxidation sites excluding steroid dienone is 3. The fourth-order valence-electron chi connectivity index (χ4n) is 3.57. The Hall–Kier alpha value is -2.53. The average Bonchev–Trinajstić information content (AvgIpc) is 2.73. The van der Waals surface area contributed by atoms with Crippen LogP contribution in [0.15, 0.2) is 66.5 Å². The molecule has 1 aromatic rings. The van der Waals surface area contributed by atoms with Crippen LogP contribution < -0.4 is 4.90 Å². The van der Waals surface area contributed by atoms with Gasteiger partial charge in [0.25, 0.3) is 6.47 Å². The third-order valence-corrected chi connectivity index (χ3v) is 5.39. The molecule has 0 atom stereocenters. The number of carbonyl (C=O) groups is 1. The highest BCUT2D eigenvalue weighted by atomic mass is 16.5. The zero-order chi connectivity index (χ0) is 21.1. The van der Waals surface area contributed by atoms with Crippen molar-refractivity contribution in [3.8, 4) is 0 Å². The maximum Gasteiger partial charge on any atom is 0.293 e. The Balaban J connectivity index is 1.87. The predicted molar refractivity (Wildman–Crippen MR) is 119 cm³/mol. The molecule has 0 saturated carbocycles. The van der Waals surface area contributed by atoms with Gasteiger partial charge in [-0.05, 0) is 31.6 Å². The van der Waals surface area contributed by atoms with Gasteiger partial charge in [-0.1, -0.05) is 43.0 Å². The van der Waals surface area contributed by atoms with E-state index in [4.69, 9.17) is 9.47 Å². The molecule has 29 heavy (non-hydrogen) atoms. The summed E-state index contributed by atoms with van der Waals surface area (Å²) in [6, 6.07) is 10.2. The molecule has 1 fully saturated rings. The second kappa shape index (κ2) is 11.5. The number of anilines is 1. The summed E-state index contributed by atoms with van der Waals surface area (Å²) in [5.41, 5.74) is 1.73. The lowest BCUT2D eigenvalue weighted by atomic mass is 9.90. The number of piperidine rings is 1. The minimum Gasteiger partial charge on any atom is -0.494 e. The number of hydrogen-bond donors (Lipinski definition) is 0. The number of likely N-dealkylation sites (tertiary alicyclic amines) is 1. The van der Waals surface area contributed by atoms with Crippen LogP contribution in [0.1, 0.15) is 26.7 Å². The zero-order valence-electron chi connectivity index (χ0n) is 18.0. The SMILES string of the molecule is C=C(OCC)/C(C)=C\C=C\CN1CCC(CN(C)c2ccccc2)(OC=O)CC1. The van der Waals surface area contributed by atoms with Crippen molar-refractivity contribution < 1.29 is 14.3 Å². The number of hydrogen-bond acceptors (Lipinski definition) is 5.